The van der Waals surface area contributed by atoms with E-state index in [9.17, 15) is 4.79 Å². The molecule has 4 rings (SSSR count). The van der Waals surface area contributed by atoms with E-state index < -0.39 is 0 Å². The van der Waals surface area contributed by atoms with E-state index in [2.05, 4.69) is 42.3 Å². The van der Waals surface area contributed by atoms with Crippen LogP contribution in [0.3, 0.4) is 0 Å². The summed E-state index contributed by atoms with van der Waals surface area (Å²) in [5, 5.41) is 3.21. The number of amides is 1. The van der Waals surface area contributed by atoms with Crippen LogP contribution in [-0.4, -0.2) is 36.5 Å². The molecule has 2 atom stereocenters. The fourth-order valence-electron chi connectivity index (χ4n) is 5.03. The predicted molar refractivity (Wildman–Crippen MR) is 103 cm³/mol. The number of carbonyl (C=O) groups is 1. The highest BCUT2D eigenvalue weighted by atomic mass is 16.5. The first-order valence-corrected chi connectivity index (χ1v) is 10.3. The fraction of sp³-hybridized carbons (Fsp3) is 0.682. The number of benzene rings is 1. The molecule has 1 N–H and O–H groups in total. The normalized spacial score (nSPS) is 27.3. The molecular weight excluding hydrogens is 324 g/mol. The van der Waals surface area contributed by atoms with Gasteiger partial charge in [-0.3, -0.25) is 9.69 Å². The summed E-state index contributed by atoms with van der Waals surface area (Å²) in [6.45, 7) is 7.65. The lowest BCUT2D eigenvalue weighted by Crippen LogP contribution is -2.38. The summed E-state index contributed by atoms with van der Waals surface area (Å²) in [5.41, 5.74) is 2.90. The van der Waals surface area contributed by atoms with Gasteiger partial charge in [0.2, 0.25) is 5.91 Å². The van der Waals surface area contributed by atoms with Crippen molar-refractivity contribution in [3.05, 3.63) is 29.3 Å². The molecule has 142 valence electrons. The first kappa shape index (κ1) is 17.8. The van der Waals surface area contributed by atoms with Crippen LogP contribution in [0.15, 0.2) is 18.2 Å². The third kappa shape index (κ3) is 3.75. The van der Waals surface area contributed by atoms with Crippen LogP contribution in [0.5, 0.6) is 5.75 Å². The molecule has 4 nitrogen and oxygen atoms in total. The molecule has 3 aliphatic rings. The largest absolute Gasteiger partial charge is 0.489 e. The Labute approximate surface area is 157 Å². The Morgan fingerprint density at radius 1 is 1.31 bits per heavy atom. The van der Waals surface area contributed by atoms with Gasteiger partial charge < -0.3 is 10.1 Å². The second-order valence-corrected chi connectivity index (χ2v) is 8.75. The average Bonchev–Trinajstić information content (AvgIpc) is 3.33. The molecular formula is C22H32N2O2. The molecule has 26 heavy (non-hydrogen) atoms. The van der Waals surface area contributed by atoms with E-state index >= 15 is 0 Å². The van der Waals surface area contributed by atoms with Crippen molar-refractivity contribution in [2.45, 2.75) is 65.0 Å². The van der Waals surface area contributed by atoms with Gasteiger partial charge in [0.1, 0.15) is 11.9 Å². The van der Waals surface area contributed by atoms with Crippen LogP contribution in [0.1, 0.15) is 56.6 Å². The van der Waals surface area contributed by atoms with Crippen LogP contribution in [0.25, 0.3) is 0 Å². The predicted octanol–water partition coefficient (Wildman–Crippen LogP) is 3.66. The van der Waals surface area contributed by atoms with Crippen LogP contribution in [0, 0.1) is 18.3 Å². The summed E-state index contributed by atoms with van der Waals surface area (Å²) in [7, 11) is 0. The molecule has 2 fully saturated rings. The maximum atomic E-state index is 12.5. The van der Waals surface area contributed by atoms with Gasteiger partial charge in [-0.05, 0) is 44.6 Å². The van der Waals surface area contributed by atoms with Gasteiger partial charge in [-0.15, -0.1) is 0 Å². The Morgan fingerprint density at radius 3 is 2.92 bits per heavy atom. The smallest absolute Gasteiger partial charge is 0.223 e. The maximum absolute atomic E-state index is 12.5. The number of nitrogens with zero attached hydrogens (tertiary/aromatic N) is 1. The van der Waals surface area contributed by atoms with Crippen molar-refractivity contribution in [3.8, 4) is 5.75 Å². The lowest BCUT2D eigenvalue weighted by Gasteiger charge is -2.23. The van der Waals surface area contributed by atoms with E-state index in [0.717, 1.165) is 38.3 Å². The second kappa shape index (κ2) is 7.22. The first-order valence-electron chi connectivity index (χ1n) is 10.3. The van der Waals surface area contributed by atoms with Gasteiger partial charge in [-0.2, -0.15) is 0 Å². The molecule has 1 heterocycles. The van der Waals surface area contributed by atoms with Crippen LogP contribution >= 0.6 is 0 Å². The number of ether oxygens (including phenoxy) is 1. The molecule has 1 spiro atoms. The van der Waals surface area contributed by atoms with Crippen molar-refractivity contribution in [3.63, 3.8) is 0 Å². The molecule has 1 amide bonds. The summed E-state index contributed by atoms with van der Waals surface area (Å²) in [5.74, 6) is 1.59. The molecule has 2 unspecified atom stereocenters. The number of carbonyl (C=O) groups excluding carboxylic acids is 1. The van der Waals surface area contributed by atoms with Gasteiger partial charge in [-0.1, -0.05) is 37.0 Å². The average molecular weight is 357 g/mol. The molecule has 1 aromatic carbocycles. The number of nitrogens with one attached hydrogen (secondary N) is 1. The highest BCUT2D eigenvalue weighted by Crippen LogP contribution is 2.61. The van der Waals surface area contributed by atoms with Crippen molar-refractivity contribution < 1.29 is 9.53 Å². The van der Waals surface area contributed by atoms with Crippen molar-refractivity contribution in [1.82, 2.24) is 10.2 Å². The zero-order valence-electron chi connectivity index (χ0n) is 16.2. The van der Waals surface area contributed by atoms with Crippen molar-refractivity contribution >= 4 is 5.91 Å². The van der Waals surface area contributed by atoms with Crippen molar-refractivity contribution in [2.24, 2.45) is 11.3 Å². The summed E-state index contributed by atoms with van der Waals surface area (Å²) in [6, 6.07) is 6.41. The molecule has 2 saturated carbocycles. The Kier molecular flexibility index (Phi) is 4.96. The van der Waals surface area contributed by atoms with Crippen LogP contribution in [0.2, 0.25) is 0 Å². The molecule has 0 saturated heterocycles. The van der Waals surface area contributed by atoms with E-state index in [1.807, 2.05) is 0 Å². The van der Waals surface area contributed by atoms with E-state index in [1.54, 1.807) is 0 Å². The third-order valence-electron chi connectivity index (χ3n) is 6.54. The van der Waals surface area contributed by atoms with E-state index in [1.165, 1.54) is 43.2 Å². The van der Waals surface area contributed by atoms with Gasteiger partial charge in [0.05, 0.1) is 0 Å². The summed E-state index contributed by atoms with van der Waals surface area (Å²) < 4.78 is 6.06. The maximum Gasteiger partial charge on any atom is 0.223 e. The highest BCUT2D eigenvalue weighted by Gasteiger charge is 2.57. The summed E-state index contributed by atoms with van der Waals surface area (Å²) in [4.78, 5) is 14.9. The Morgan fingerprint density at radius 2 is 2.12 bits per heavy atom. The Hall–Kier alpha value is -1.55. The second-order valence-electron chi connectivity index (χ2n) is 8.75. The zero-order valence-corrected chi connectivity index (χ0v) is 16.2. The van der Waals surface area contributed by atoms with Gasteiger partial charge in [0, 0.05) is 37.7 Å². The van der Waals surface area contributed by atoms with E-state index in [-0.39, 0.29) is 12.0 Å². The third-order valence-corrected chi connectivity index (χ3v) is 6.54. The molecule has 0 bridgehead atoms. The van der Waals surface area contributed by atoms with Gasteiger partial charge in [-0.25, -0.2) is 0 Å². The Bertz CT molecular complexity index is 666. The van der Waals surface area contributed by atoms with Crippen LogP contribution < -0.4 is 10.1 Å². The minimum atomic E-state index is 0.170. The molecule has 2 aliphatic carbocycles. The number of aryl methyl sites for hydroxylation is 1. The zero-order chi connectivity index (χ0) is 18.1. The van der Waals surface area contributed by atoms with Gasteiger partial charge in [0.15, 0.2) is 0 Å². The molecule has 1 aliphatic heterocycles. The van der Waals surface area contributed by atoms with E-state index in [0.29, 0.717) is 11.3 Å². The molecule has 1 aromatic rings. The number of hydrogen-bond acceptors (Lipinski definition) is 3. The Balaban J connectivity index is 1.28. The van der Waals surface area contributed by atoms with Crippen LogP contribution in [-0.2, 0) is 11.3 Å². The molecule has 0 radical (unpaired) electrons. The molecule has 4 heteroatoms. The van der Waals surface area contributed by atoms with E-state index in [4.69, 9.17) is 4.74 Å². The monoisotopic (exact) mass is 356 g/mol. The van der Waals surface area contributed by atoms with Gasteiger partial charge >= 0.3 is 0 Å². The lowest BCUT2D eigenvalue weighted by atomic mass is 9.84. The SMILES string of the molecule is Cc1ccc2c(c1)CN(CCNC(=O)C1CC13CCCCC3)CC(C)O2. The molecule has 0 aromatic heterocycles. The minimum Gasteiger partial charge on any atom is -0.489 e. The number of rotatable bonds is 4. The summed E-state index contributed by atoms with van der Waals surface area (Å²) >= 11 is 0. The van der Waals surface area contributed by atoms with Crippen molar-refractivity contribution in [1.29, 1.82) is 0 Å². The van der Waals surface area contributed by atoms with Crippen LogP contribution in [0.4, 0.5) is 0 Å². The topological polar surface area (TPSA) is 41.6 Å². The quantitative estimate of drug-likeness (QED) is 0.895. The fourth-order valence-corrected chi connectivity index (χ4v) is 5.03. The highest BCUT2D eigenvalue weighted by molar-refractivity contribution is 5.82. The van der Waals surface area contributed by atoms with Gasteiger partial charge in [0.25, 0.3) is 0 Å². The number of fused-ring (bicyclic) bond motifs is 1. The lowest BCUT2D eigenvalue weighted by molar-refractivity contribution is -0.123. The standard InChI is InChI=1S/C22H32N2O2/c1-16-6-7-20-18(12-16)15-24(14-17(2)26-20)11-10-23-21(25)19-13-22(19)8-4-3-5-9-22/h6-7,12,17,19H,3-5,8-11,13-15H2,1-2H3,(H,23,25). The number of hydrogen-bond donors (Lipinski definition) is 1. The summed E-state index contributed by atoms with van der Waals surface area (Å²) in [6.07, 6.45) is 7.81. The minimum absolute atomic E-state index is 0.170. The van der Waals surface area contributed by atoms with Crippen molar-refractivity contribution in [2.75, 3.05) is 19.6 Å². The first-order chi connectivity index (χ1) is 12.6.